The van der Waals surface area contributed by atoms with Crippen LogP contribution in [-0.2, 0) is 14.4 Å². The third-order valence-corrected chi connectivity index (χ3v) is 3.89. The first-order valence-electron chi connectivity index (χ1n) is 7.00. The molecule has 6 heteroatoms. The van der Waals surface area contributed by atoms with Crippen molar-refractivity contribution in [1.82, 2.24) is 15.1 Å². The molecule has 1 saturated heterocycles. The van der Waals surface area contributed by atoms with Gasteiger partial charge in [0.15, 0.2) is 0 Å². The van der Waals surface area contributed by atoms with E-state index in [-0.39, 0.29) is 6.04 Å². The van der Waals surface area contributed by atoms with E-state index in [2.05, 4.69) is 5.32 Å². The van der Waals surface area contributed by atoms with E-state index in [0.29, 0.717) is 26.2 Å². The van der Waals surface area contributed by atoms with E-state index in [1.54, 1.807) is 4.90 Å². The van der Waals surface area contributed by atoms with Crippen LogP contribution >= 0.6 is 0 Å². The van der Waals surface area contributed by atoms with Crippen molar-refractivity contribution >= 4 is 18.2 Å². The van der Waals surface area contributed by atoms with Crippen molar-refractivity contribution in [3.8, 4) is 0 Å². The predicted molar refractivity (Wildman–Crippen MR) is 69.2 cm³/mol. The summed E-state index contributed by atoms with van der Waals surface area (Å²) in [6.07, 6.45) is 6.18. The molecule has 2 rings (SSSR count). The monoisotopic (exact) mass is 267 g/mol. The lowest BCUT2D eigenvalue weighted by atomic mass is 9.95. The Labute approximate surface area is 113 Å². The van der Waals surface area contributed by atoms with Crippen LogP contribution in [0.15, 0.2) is 0 Å². The van der Waals surface area contributed by atoms with Gasteiger partial charge in [0, 0.05) is 32.2 Å². The van der Waals surface area contributed by atoms with Gasteiger partial charge in [-0.15, -0.1) is 0 Å². The number of nitrogens with one attached hydrogen (secondary N) is 1. The lowest BCUT2D eigenvalue weighted by Gasteiger charge is -2.32. The second-order valence-corrected chi connectivity index (χ2v) is 5.24. The fourth-order valence-corrected chi connectivity index (χ4v) is 2.67. The molecular formula is C13H21N3O3. The van der Waals surface area contributed by atoms with Gasteiger partial charge in [0.2, 0.25) is 6.41 Å². The summed E-state index contributed by atoms with van der Waals surface area (Å²) in [5.41, 5.74) is 0. The molecule has 1 heterocycles. The number of hydrogen-bond donors (Lipinski definition) is 1. The van der Waals surface area contributed by atoms with Crippen molar-refractivity contribution in [2.24, 2.45) is 0 Å². The normalized spacial score (nSPS) is 21.1. The second kappa shape index (κ2) is 6.54. The van der Waals surface area contributed by atoms with Crippen molar-refractivity contribution < 1.29 is 14.4 Å². The van der Waals surface area contributed by atoms with Gasteiger partial charge in [-0.3, -0.25) is 14.4 Å². The zero-order valence-electron chi connectivity index (χ0n) is 11.1. The topological polar surface area (TPSA) is 69.7 Å². The third kappa shape index (κ3) is 3.68. The Hall–Kier alpha value is -1.59. The Morgan fingerprint density at radius 3 is 2.21 bits per heavy atom. The second-order valence-electron chi connectivity index (χ2n) is 5.24. The van der Waals surface area contributed by atoms with Crippen molar-refractivity contribution in [3.63, 3.8) is 0 Å². The average molecular weight is 267 g/mol. The molecule has 1 aliphatic carbocycles. The summed E-state index contributed by atoms with van der Waals surface area (Å²) in [5.74, 6) is -0.956. The van der Waals surface area contributed by atoms with E-state index in [9.17, 15) is 14.4 Å². The molecule has 2 fully saturated rings. The Bertz CT molecular complexity index is 345. The maximum atomic E-state index is 12.0. The summed E-state index contributed by atoms with van der Waals surface area (Å²) in [5, 5.41) is 2.83. The number of nitrogens with zero attached hydrogens (tertiary/aromatic N) is 2. The number of rotatable bonds is 2. The third-order valence-electron chi connectivity index (χ3n) is 3.89. The standard InChI is InChI=1S/C13H21N3O3/c17-10-15-6-8-16(9-7-15)13(19)12(18)14-11-4-2-1-3-5-11/h10-11H,1-9H2,(H,14,18). The molecule has 0 aromatic rings. The van der Waals surface area contributed by atoms with Crippen molar-refractivity contribution in [2.45, 2.75) is 38.1 Å². The summed E-state index contributed by atoms with van der Waals surface area (Å²) in [6, 6.07) is 0.154. The van der Waals surface area contributed by atoms with Crippen LogP contribution in [-0.4, -0.2) is 60.2 Å². The first-order valence-corrected chi connectivity index (χ1v) is 7.00. The minimum atomic E-state index is -0.494. The summed E-state index contributed by atoms with van der Waals surface area (Å²) in [6.45, 7) is 1.89. The lowest BCUT2D eigenvalue weighted by Crippen LogP contribution is -2.53. The summed E-state index contributed by atoms with van der Waals surface area (Å²) in [4.78, 5) is 37.6. The summed E-state index contributed by atoms with van der Waals surface area (Å²) >= 11 is 0. The Morgan fingerprint density at radius 1 is 1.00 bits per heavy atom. The van der Waals surface area contributed by atoms with Crippen LogP contribution < -0.4 is 5.32 Å². The number of carbonyl (C=O) groups excluding carboxylic acids is 3. The molecular weight excluding hydrogens is 246 g/mol. The minimum absolute atomic E-state index is 0.154. The molecule has 1 saturated carbocycles. The molecule has 2 aliphatic rings. The number of amides is 3. The highest BCUT2D eigenvalue weighted by molar-refractivity contribution is 6.35. The number of hydrogen-bond acceptors (Lipinski definition) is 3. The van der Waals surface area contributed by atoms with E-state index in [0.717, 1.165) is 32.1 Å². The molecule has 3 amide bonds. The highest BCUT2D eigenvalue weighted by atomic mass is 16.2. The highest BCUT2D eigenvalue weighted by Gasteiger charge is 2.27. The minimum Gasteiger partial charge on any atom is -0.345 e. The first kappa shape index (κ1) is 13.8. The van der Waals surface area contributed by atoms with E-state index in [1.165, 1.54) is 11.3 Å². The first-order chi connectivity index (χ1) is 9.20. The van der Waals surface area contributed by atoms with Gasteiger partial charge in [0.25, 0.3) is 0 Å². The van der Waals surface area contributed by atoms with Gasteiger partial charge in [-0.1, -0.05) is 19.3 Å². The molecule has 0 aromatic carbocycles. The molecule has 0 spiro atoms. The van der Waals surface area contributed by atoms with Gasteiger partial charge in [-0.2, -0.15) is 0 Å². The lowest BCUT2D eigenvalue weighted by molar-refractivity contribution is -0.147. The van der Waals surface area contributed by atoms with Crippen LogP contribution in [0, 0.1) is 0 Å². The quantitative estimate of drug-likeness (QED) is 0.553. The summed E-state index contributed by atoms with van der Waals surface area (Å²) < 4.78 is 0. The van der Waals surface area contributed by atoms with E-state index in [1.807, 2.05) is 0 Å². The fourth-order valence-electron chi connectivity index (χ4n) is 2.67. The van der Waals surface area contributed by atoms with Crippen LogP contribution in [0.1, 0.15) is 32.1 Å². The molecule has 0 bridgehead atoms. The summed E-state index contributed by atoms with van der Waals surface area (Å²) in [7, 11) is 0. The van der Waals surface area contributed by atoms with Gasteiger partial charge >= 0.3 is 11.8 Å². The zero-order valence-corrected chi connectivity index (χ0v) is 11.1. The predicted octanol–water partition coefficient (Wildman–Crippen LogP) is -0.264. The molecule has 19 heavy (non-hydrogen) atoms. The molecule has 1 aliphatic heterocycles. The average Bonchev–Trinajstić information content (AvgIpc) is 2.47. The number of carbonyl (C=O) groups is 3. The Balaban J connectivity index is 1.78. The maximum absolute atomic E-state index is 12.0. The van der Waals surface area contributed by atoms with Crippen molar-refractivity contribution in [2.75, 3.05) is 26.2 Å². The largest absolute Gasteiger partial charge is 0.345 e. The Morgan fingerprint density at radius 2 is 1.63 bits per heavy atom. The van der Waals surface area contributed by atoms with E-state index in [4.69, 9.17) is 0 Å². The van der Waals surface area contributed by atoms with E-state index >= 15 is 0 Å². The number of piperazine rings is 1. The molecule has 1 N–H and O–H groups in total. The molecule has 0 atom stereocenters. The Kier molecular flexibility index (Phi) is 4.76. The van der Waals surface area contributed by atoms with Crippen molar-refractivity contribution in [1.29, 1.82) is 0 Å². The van der Waals surface area contributed by atoms with Crippen LogP contribution in [0.5, 0.6) is 0 Å². The SMILES string of the molecule is O=CN1CCN(C(=O)C(=O)NC2CCCCC2)CC1. The van der Waals surface area contributed by atoms with Gasteiger partial charge in [-0.05, 0) is 12.8 Å². The van der Waals surface area contributed by atoms with Gasteiger partial charge in [-0.25, -0.2) is 0 Å². The maximum Gasteiger partial charge on any atom is 0.312 e. The van der Waals surface area contributed by atoms with Crippen molar-refractivity contribution in [3.05, 3.63) is 0 Å². The molecule has 0 radical (unpaired) electrons. The molecule has 6 nitrogen and oxygen atoms in total. The molecule has 0 aromatic heterocycles. The smallest absolute Gasteiger partial charge is 0.312 e. The van der Waals surface area contributed by atoms with Gasteiger partial charge < -0.3 is 15.1 Å². The van der Waals surface area contributed by atoms with Gasteiger partial charge in [0.05, 0.1) is 0 Å². The molecule has 0 unspecified atom stereocenters. The van der Waals surface area contributed by atoms with Crippen LogP contribution in [0.4, 0.5) is 0 Å². The van der Waals surface area contributed by atoms with E-state index < -0.39 is 11.8 Å². The zero-order chi connectivity index (χ0) is 13.7. The van der Waals surface area contributed by atoms with Gasteiger partial charge in [0.1, 0.15) is 0 Å². The van der Waals surface area contributed by atoms with Crippen LogP contribution in [0.3, 0.4) is 0 Å². The van der Waals surface area contributed by atoms with Crippen LogP contribution in [0.2, 0.25) is 0 Å². The highest BCUT2D eigenvalue weighted by Crippen LogP contribution is 2.17. The fraction of sp³-hybridized carbons (Fsp3) is 0.769. The van der Waals surface area contributed by atoms with Crippen LogP contribution in [0.25, 0.3) is 0 Å². The molecule has 106 valence electrons.